The fourth-order valence-corrected chi connectivity index (χ4v) is 2.79. The van der Waals surface area contributed by atoms with Crippen LogP contribution in [0.2, 0.25) is 0 Å². The van der Waals surface area contributed by atoms with Crippen molar-refractivity contribution >= 4 is 0 Å². The molecule has 0 amide bonds. The summed E-state index contributed by atoms with van der Waals surface area (Å²) >= 11 is 0. The molecule has 0 aromatic carbocycles. The van der Waals surface area contributed by atoms with E-state index in [4.69, 9.17) is 11.5 Å². The van der Waals surface area contributed by atoms with Gasteiger partial charge in [0.05, 0.1) is 0 Å². The highest BCUT2D eigenvalue weighted by Gasteiger charge is 2.00. The minimum absolute atomic E-state index is 0.704. The van der Waals surface area contributed by atoms with Crippen LogP contribution in [0.1, 0.15) is 97.3 Å². The third kappa shape index (κ3) is 15.6. The van der Waals surface area contributed by atoms with E-state index < -0.39 is 6.10 Å². The largest absolute Gasteiger partial charge is 0.377 e. The monoisotopic (exact) mass is 306 g/mol. The molecule has 0 aliphatic heterocycles. The van der Waals surface area contributed by atoms with Crippen LogP contribution in [0.5, 0.6) is 0 Å². The van der Waals surface area contributed by atoms with Crippen LogP contribution < -0.4 is 0 Å². The molecular weight excluding hydrogens is 268 g/mol. The molecule has 0 saturated carbocycles. The predicted octanol–water partition coefficient (Wildman–Crippen LogP) is 6.26. The summed E-state index contributed by atoms with van der Waals surface area (Å²) in [5, 5.41) is 9.16. The first-order valence-electron chi connectivity index (χ1n) is 9.51. The van der Waals surface area contributed by atoms with Gasteiger partial charge in [-0.05, 0) is 24.8 Å². The van der Waals surface area contributed by atoms with Crippen molar-refractivity contribution in [2.45, 2.75) is 103 Å². The second-order valence-electron chi connectivity index (χ2n) is 6.69. The van der Waals surface area contributed by atoms with E-state index in [9.17, 15) is 0 Å². The van der Waals surface area contributed by atoms with Crippen molar-refractivity contribution in [2.75, 3.05) is 0 Å². The number of hydrogen-bond acceptors (Lipinski definition) is 1. The second-order valence-corrected chi connectivity index (χ2v) is 6.69. The van der Waals surface area contributed by atoms with Crippen LogP contribution in [-0.2, 0) is 0 Å². The molecule has 0 bridgehead atoms. The summed E-state index contributed by atoms with van der Waals surface area (Å²) in [6.07, 6.45) is 25.6. The lowest BCUT2D eigenvalue weighted by molar-refractivity contribution is 0.280. The first kappa shape index (κ1) is 21.3. The molecule has 128 valence electrons. The molecule has 0 heterocycles. The van der Waals surface area contributed by atoms with E-state index in [1.54, 1.807) is 6.08 Å². The molecule has 22 heavy (non-hydrogen) atoms. The molecule has 0 aromatic heterocycles. The van der Waals surface area contributed by atoms with E-state index in [1.807, 2.05) is 6.08 Å². The van der Waals surface area contributed by atoms with Gasteiger partial charge < -0.3 is 5.11 Å². The van der Waals surface area contributed by atoms with Gasteiger partial charge in [-0.3, -0.25) is 0 Å². The summed E-state index contributed by atoms with van der Waals surface area (Å²) in [6, 6.07) is 0. The molecule has 0 aliphatic carbocycles. The van der Waals surface area contributed by atoms with E-state index in [0.717, 1.165) is 12.3 Å². The minimum atomic E-state index is -0.704. The van der Waals surface area contributed by atoms with Crippen LogP contribution in [0.4, 0.5) is 0 Å². The number of rotatable bonds is 15. The van der Waals surface area contributed by atoms with Crippen molar-refractivity contribution in [3.8, 4) is 12.3 Å². The topological polar surface area (TPSA) is 20.2 Å². The molecule has 0 radical (unpaired) electrons. The van der Waals surface area contributed by atoms with Gasteiger partial charge in [0.2, 0.25) is 0 Å². The molecule has 0 fully saturated rings. The highest BCUT2D eigenvalue weighted by atomic mass is 16.3. The molecule has 1 heteroatoms. The Morgan fingerprint density at radius 3 is 2.05 bits per heavy atom. The lowest BCUT2D eigenvalue weighted by Crippen LogP contribution is -1.95. The molecular formula is C21H38O. The average Bonchev–Trinajstić information content (AvgIpc) is 2.53. The Morgan fingerprint density at radius 1 is 0.909 bits per heavy atom. The van der Waals surface area contributed by atoms with Gasteiger partial charge in [-0.15, -0.1) is 6.42 Å². The molecule has 1 N–H and O–H groups in total. The first-order valence-corrected chi connectivity index (χ1v) is 9.51. The number of aliphatic hydroxyl groups is 1. The maximum Gasteiger partial charge on any atom is 0.133 e. The van der Waals surface area contributed by atoms with Gasteiger partial charge in [0, 0.05) is 0 Å². The van der Waals surface area contributed by atoms with Gasteiger partial charge in [-0.2, -0.15) is 0 Å². The zero-order valence-corrected chi connectivity index (χ0v) is 15.0. The van der Waals surface area contributed by atoms with Crippen LogP contribution >= 0.6 is 0 Å². The van der Waals surface area contributed by atoms with E-state index in [2.05, 4.69) is 19.8 Å². The van der Waals surface area contributed by atoms with E-state index in [-0.39, 0.29) is 0 Å². The molecule has 0 rings (SSSR count). The standard InChI is InChI=1S/C21H38O/c1-4-6-17-20(3)18-15-13-11-9-7-8-10-12-14-16-19-21(22)5-2/h2,16,19-22H,4,6-15,17-18H2,1,3H3/b19-16+. The zero-order valence-electron chi connectivity index (χ0n) is 15.0. The molecule has 0 aliphatic rings. The number of unbranched alkanes of at least 4 members (excludes halogenated alkanes) is 9. The van der Waals surface area contributed by atoms with Crippen molar-refractivity contribution in [1.29, 1.82) is 0 Å². The van der Waals surface area contributed by atoms with Gasteiger partial charge in [-0.1, -0.05) is 96.5 Å². The fourth-order valence-electron chi connectivity index (χ4n) is 2.79. The molecule has 2 atom stereocenters. The first-order chi connectivity index (χ1) is 10.7. The summed E-state index contributed by atoms with van der Waals surface area (Å²) in [5.74, 6) is 3.22. The van der Waals surface area contributed by atoms with Crippen LogP contribution in [-0.4, -0.2) is 11.2 Å². The molecule has 2 unspecified atom stereocenters. The van der Waals surface area contributed by atoms with Gasteiger partial charge in [0.1, 0.15) is 6.10 Å². The fraction of sp³-hybridized carbons (Fsp3) is 0.810. The van der Waals surface area contributed by atoms with Crippen LogP contribution in [0.25, 0.3) is 0 Å². The van der Waals surface area contributed by atoms with Crippen molar-refractivity contribution in [2.24, 2.45) is 5.92 Å². The van der Waals surface area contributed by atoms with E-state index in [1.165, 1.54) is 77.0 Å². The molecule has 0 spiro atoms. The Bertz CT molecular complexity index is 287. The van der Waals surface area contributed by atoms with Crippen molar-refractivity contribution in [1.82, 2.24) is 0 Å². The van der Waals surface area contributed by atoms with Gasteiger partial charge >= 0.3 is 0 Å². The average molecular weight is 307 g/mol. The van der Waals surface area contributed by atoms with Crippen molar-refractivity contribution in [3.63, 3.8) is 0 Å². The number of allylic oxidation sites excluding steroid dienone is 1. The second kappa shape index (κ2) is 16.6. The lowest BCUT2D eigenvalue weighted by atomic mass is 9.97. The summed E-state index contributed by atoms with van der Waals surface area (Å²) < 4.78 is 0. The minimum Gasteiger partial charge on any atom is -0.377 e. The van der Waals surface area contributed by atoms with Gasteiger partial charge in [-0.25, -0.2) is 0 Å². The Morgan fingerprint density at radius 2 is 1.45 bits per heavy atom. The predicted molar refractivity (Wildman–Crippen MR) is 98.8 cm³/mol. The zero-order chi connectivity index (χ0) is 16.5. The smallest absolute Gasteiger partial charge is 0.133 e. The maximum atomic E-state index is 9.16. The van der Waals surface area contributed by atoms with Gasteiger partial charge in [0.15, 0.2) is 0 Å². The third-order valence-electron chi connectivity index (χ3n) is 4.36. The summed E-state index contributed by atoms with van der Waals surface area (Å²) in [4.78, 5) is 0. The highest BCUT2D eigenvalue weighted by molar-refractivity contribution is 5.05. The quantitative estimate of drug-likeness (QED) is 0.215. The van der Waals surface area contributed by atoms with Crippen molar-refractivity contribution in [3.05, 3.63) is 12.2 Å². The summed E-state index contributed by atoms with van der Waals surface area (Å²) in [7, 11) is 0. The molecule has 1 nitrogen and oxygen atoms in total. The van der Waals surface area contributed by atoms with Gasteiger partial charge in [0.25, 0.3) is 0 Å². The van der Waals surface area contributed by atoms with Crippen LogP contribution in [0.3, 0.4) is 0 Å². The SMILES string of the molecule is C#CC(O)/C=C/CCCCCCCCCCC(C)CCCC. The van der Waals surface area contributed by atoms with E-state index >= 15 is 0 Å². The molecule has 0 aromatic rings. The lowest BCUT2D eigenvalue weighted by Gasteiger charge is -2.10. The molecule has 0 saturated heterocycles. The van der Waals surface area contributed by atoms with Crippen LogP contribution in [0, 0.1) is 18.3 Å². The number of hydrogen-bond donors (Lipinski definition) is 1. The summed E-state index contributed by atoms with van der Waals surface area (Å²) in [6.45, 7) is 4.69. The normalized spacial score (nSPS) is 14.1. The maximum absolute atomic E-state index is 9.16. The Balaban J connectivity index is 3.18. The summed E-state index contributed by atoms with van der Waals surface area (Å²) in [5.41, 5.74) is 0. The number of terminal acetylenes is 1. The highest BCUT2D eigenvalue weighted by Crippen LogP contribution is 2.17. The Hall–Kier alpha value is -0.740. The van der Waals surface area contributed by atoms with Crippen molar-refractivity contribution < 1.29 is 5.11 Å². The Labute approximate surface area is 139 Å². The third-order valence-corrected chi connectivity index (χ3v) is 4.36. The van der Waals surface area contributed by atoms with E-state index in [0.29, 0.717) is 0 Å². The Kier molecular flexibility index (Phi) is 16.1. The number of aliphatic hydroxyl groups excluding tert-OH is 1. The van der Waals surface area contributed by atoms with Crippen LogP contribution in [0.15, 0.2) is 12.2 Å².